The molecule has 0 aliphatic carbocycles. The molecule has 25 heavy (non-hydrogen) atoms. The summed E-state index contributed by atoms with van der Waals surface area (Å²) >= 11 is 1.32. The number of ether oxygens (including phenoxy) is 3. The molecule has 0 saturated heterocycles. The van der Waals surface area contributed by atoms with E-state index in [9.17, 15) is 9.59 Å². The SMILES string of the molecule is COc1ccc(CC(=O)OCc2nc3ccsc3c(=O)[nH]2)cc1OC. The van der Waals surface area contributed by atoms with Gasteiger partial charge in [-0.05, 0) is 29.1 Å². The van der Waals surface area contributed by atoms with Crippen molar-refractivity contribution in [3.05, 3.63) is 51.4 Å². The number of methoxy groups -OCH3 is 2. The first-order chi connectivity index (χ1) is 12.1. The van der Waals surface area contributed by atoms with Gasteiger partial charge in [-0.1, -0.05) is 6.07 Å². The highest BCUT2D eigenvalue weighted by atomic mass is 32.1. The van der Waals surface area contributed by atoms with Crippen LogP contribution in [0.2, 0.25) is 0 Å². The number of benzene rings is 1. The topological polar surface area (TPSA) is 90.5 Å². The summed E-state index contributed by atoms with van der Waals surface area (Å²) < 4.78 is 16.1. The Balaban J connectivity index is 1.65. The third-order valence-corrected chi connectivity index (χ3v) is 4.43. The van der Waals surface area contributed by atoms with Crippen LogP contribution in [0, 0.1) is 0 Å². The summed E-state index contributed by atoms with van der Waals surface area (Å²) in [6.45, 7) is -0.0901. The highest BCUT2D eigenvalue weighted by molar-refractivity contribution is 7.17. The smallest absolute Gasteiger partial charge is 0.310 e. The lowest BCUT2D eigenvalue weighted by Crippen LogP contribution is -2.14. The summed E-state index contributed by atoms with van der Waals surface area (Å²) in [4.78, 5) is 30.8. The molecule has 0 bridgehead atoms. The molecule has 3 aromatic rings. The van der Waals surface area contributed by atoms with Crippen molar-refractivity contribution in [2.24, 2.45) is 0 Å². The molecule has 130 valence electrons. The Morgan fingerprint density at radius 1 is 1.20 bits per heavy atom. The number of hydrogen-bond donors (Lipinski definition) is 1. The van der Waals surface area contributed by atoms with Crippen LogP contribution in [0.15, 0.2) is 34.4 Å². The number of thiophene rings is 1. The Morgan fingerprint density at radius 3 is 2.76 bits per heavy atom. The summed E-state index contributed by atoms with van der Waals surface area (Å²) in [5, 5.41) is 1.79. The summed E-state index contributed by atoms with van der Waals surface area (Å²) in [6.07, 6.45) is 0.0747. The second-order valence-corrected chi connectivity index (χ2v) is 6.09. The summed E-state index contributed by atoms with van der Waals surface area (Å²) in [5.74, 6) is 1.02. The maximum absolute atomic E-state index is 12.0. The van der Waals surface area contributed by atoms with Crippen LogP contribution in [-0.4, -0.2) is 30.2 Å². The van der Waals surface area contributed by atoms with Gasteiger partial charge < -0.3 is 19.2 Å². The fourth-order valence-electron chi connectivity index (χ4n) is 2.35. The van der Waals surface area contributed by atoms with Gasteiger partial charge in [-0.2, -0.15) is 0 Å². The van der Waals surface area contributed by atoms with Gasteiger partial charge in [-0.3, -0.25) is 9.59 Å². The van der Waals surface area contributed by atoms with Gasteiger partial charge in [0.1, 0.15) is 17.1 Å². The molecule has 0 fully saturated rings. The van der Waals surface area contributed by atoms with E-state index in [4.69, 9.17) is 14.2 Å². The predicted octanol–water partition coefficient (Wildman–Crippen LogP) is 2.29. The third kappa shape index (κ3) is 3.80. The molecule has 1 aromatic carbocycles. The van der Waals surface area contributed by atoms with Gasteiger partial charge in [0.05, 0.1) is 26.2 Å². The minimum Gasteiger partial charge on any atom is -0.493 e. The molecular formula is C17H16N2O5S. The van der Waals surface area contributed by atoms with Crippen LogP contribution < -0.4 is 15.0 Å². The molecule has 7 nitrogen and oxygen atoms in total. The van der Waals surface area contributed by atoms with E-state index in [0.717, 1.165) is 5.56 Å². The van der Waals surface area contributed by atoms with Crippen LogP contribution in [0.3, 0.4) is 0 Å². The third-order valence-electron chi connectivity index (χ3n) is 3.53. The Bertz CT molecular complexity index is 963. The van der Waals surface area contributed by atoms with Crippen LogP contribution >= 0.6 is 11.3 Å². The Labute approximate surface area is 147 Å². The molecule has 0 saturated carbocycles. The molecular weight excluding hydrogens is 344 g/mol. The van der Waals surface area contributed by atoms with Crippen molar-refractivity contribution in [2.45, 2.75) is 13.0 Å². The zero-order valence-corrected chi connectivity index (χ0v) is 14.5. The number of H-pyrrole nitrogens is 1. The average molecular weight is 360 g/mol. The Morgan fingerprint density at radius 2 is 2.00 bits per heavy atom. The number of nitrogens with zero attached hydrogens (tertiary/aromatic N) is 1. The van der Waals surface area contributed by atoms with Crippen molar-refractivity contribution in [1.82, 2.24) is 9.97 Å². The zero-order chi connectivity index (χ0) is 17.8. The molecule has 8 heteroatoms. The van der Waals surface area contributed by atoms with Gasteiger partial charge in [-0.15, -0.1) is 11.3 Å². The van der Waals surface area contributed by atoms with Gasteiger partial charge >= 0.3 is 5.97 Å². The van der Waals surface area contributed by atoms with Gasteiger partial charge in [-0.25, -0.2) is 4.98 Å². The van der Waals surface area contributed by atoms with E-state index >= 15 is 0 Å². The first-order valence-corrected chi connectivity index (χ1v) is 8.31. The molecule has 3 rings (SSSR count). The monoisotopic (exact) mass is 360 g/mol. The number of aromatic amines is 1. The number of carbonyl (C=O) groups excluding carboxylic acids is 1. The van der Waals surface area contributed by atoms with Crippen molar-refractivity contribution in [3.8, 4) is 11.5 Å². The van der Waals surface area contributed by atoms with Crippen molar-refractivity contribution < 1.29 is 19.0 Å². The number of nitrogens with one attached hydrogen (secondary N) is 1. The normalized spacial score (nSPS) is 10.6. The maximum atomic E-state index is 12.0. The Kier molecular flexibility index (Phi) is 4.99. The summed E-state index contributed by atoms with van der Waals surface area (Å²) in [6, 6.07) is 6.97. The molecule has 0 atom stereocenters. The lowest BCUT2D eigenvalue weighted by atomic mass is 10.1. The van der Waals surface area contributed by atoms with Crippen LogP contribution in [0.25, 0.3) is 10.2 Å². The molecule has 2 heterocycles. The summed E-state index contributed by atoms with van der Waals surface area (Å²) in [5.41, 5.74) is 1.10. The maximum Gasteiger partial charge on any atom is 0.310 e. The minimum atomic E-state index is -0.430. The molecule has 1 N–H and O–H groups in total. The minimum absolute atomic E-state index is 0.0747. The molecule has 0 unspecified atom stereocenters. The predicted molar refractivity (Wildman–Crippen MR) is 93.3 cm³/mol. The van der Waals surface area contributed by atoms with E-state index < -0.39 is 5.97 Å². The van der Waals surface area contributed by atoms with Crippen molar-refractivity contribution >= 4 is 27.5 Å². The standard InChI is InChI=1S/C17H16N2O5S/c1-22-12-4-3-10(7-13(12)23-2)8-15(20)24-9-14-18-11-5-6-25-16(11)17(21)19-14/h3-7H,8-9H2,1-2H3,(H,18,19,21). The number of fused-ring (bicyclic) bond motifs is 1. The first-order valence-electron chi connectivity index (χ1n) is 7.43. The summed E-state index contributed by atoms with van der Waals surface area (Å²) in [7, 11) is 3.08. The van der Waals surface area contributed by atoms with E-state index in [1.807, 2.05) is 0 Å². The van der Waals surface area contributed by atoms with E-state index in [0.29, 0.717) is 27.5 Å². The molecule has 0 radical (unpaired) electrons. The van der Waals surface area contributed by atoms with Crippen molar-refractivity contribution in [1.29, 1.82) is 0 Å². The van der Waals surface area contributed by atoms with Gasteiger partial charge in [0.25, 0.3) is 5.56 Å². The van der Waals surface area contributed by atoms with Crippen molar-refractivity contribution in [2.75, 3.05) is 14.2 Å². The van der Waals surface area contributed by atoms with Crippen LogP contribution in [0.1, 0.15) is 11.4 Å². The second kappa shape index (κ2) is 7.35. The zero-order valence-electron chi connectivity index (χ0n) is 13.7. The number of hydrogen-bond acceptors (Lipinski definition) is 7. The lowest BCUT2D eigenvalue weighted by Gasteiger charge is -2.09. The van der Waals surface area contributed by atoms with Crippen LogP contribution in [0.4, 0.5) is 0 Å². The fraction of sp³-hybridized carbons (Fsp3) is 0.235. The molecule has 0 aliphatic rings. The van der Waals surface area contributed by atoms with Gasteiger partial charge in [0, 0.05) is 0 Å². The van der Waals surface area contributed by atoms with Gasteiger partial charge in [0.2, 0.25) is 0 Å². The fourth-order valence-corrected chi connectivity index (χ4v) is 3.07. The first kappa shape index (κ1) is 17.0. The number of carbonyl (C=O) groups is 1. The van der Waals surface area contributed by atoms with E-state index in [-0.39, 0.29) is 18.6 Å². The molecule has 2 aromatic heterocycles. The van der Waals surface area contributed by atoms with E-state index in [2.05, 4.69) is 9.97 Å². The van der Waals surface area contributed by atoms with Crippen LogP contribution in [0.5, 0.6) is 11.5 Å². The van der Waals surface area contributed by atoms with Crippen molar-refractivity contribution in [3.63, 3.8) is 0 Å². The number of rotatable bonds is 6. The number of esters is 1. The van der Waals surface area contributed by atoms with Gasteiger partial charge in [0.15, 0.2) is 11.5 Å². The lowest BCUT2D eigenvalue weighted by molar-refractivity contribution is -0.144. The van der Waals surface area contributed by atoms with E-state index in [1.54, 1.807) is 36.8 Å². The molecule has 0 aliphatic heterocycles. The Hall–Kier alpha value is -2.87. The van der Waals surface area contributed by atoms with Crippen LogP contribution in [-0.2, 0) is 22.6 Å². The van der Waals surface area contributed by atoms with E-state index in [1.165, 1.54) is 18.4 Å². The highest BCUT2D eigenvalue weighted by Gasteiger charge is 2.11. The molecule has 0 amide bonds. The average Bonchev–Trinajstić information content (AvgIpc) is 3.09. The molecule has 0 spiro atoms. The number of aromatic nitrogens is 2. The second-order valence-electron chi connectivity index (χ2n) is 5.17. The highest BCUT2D eigenvalue weighted by Crippen LogP contribution is 2.27. The quantitative estimate of drug-likeness (QED) is 0.678. The largest absolute Gasteiger partial charge is 0.493 e.